The van der Waals surface area contributed by atoms with Crippen LogP contribution in [0.1, 0.15) is 17.3 Å². The second-order valence-corrected chi connectivity index (χ2v) is 2.90. The van der Waals surface area contributed by atoms with Gasteiger partial charge in [0, 0.05) is 12.7 Å². The Bertz CT molecular complexity index is 330. The molecule has 0 atom stereocenters. The molecule has 1 aromatic heterocycles. The Morgan fingerprint density at radius 1 is 1.62 bits per heavy atom. The van der Waals surface area contributed by atoms with Gasteiger partial charge in [-0.25, -0.2) is 9.97 Å². The van der Waals surface area contributed by atoms with E-state index in [1.807, 2.05) is 6.92 Å². The minimum absolute atomic E-state index is 0.0260. The molecule has 1 N–H and O–H groups in total. The van der Waals surface area contributed by atoms with Crippen LogP contribution in [-0.4, -0.2) is 22.4 Å². The fourth-order valence-electron chi connectivity index (χ4n) is 0.749. The van der Waals surface area contributed by atoms with Gasteiger partial charge in [-0.05, 0) is 18.5 Å². The van der Waals surface area contributed by atoms with Gasteiger partial charge >= 0.3 is 0 Å². The van der Waals surface area contributed by atoms with E-state index in [4.69, 9.17) is 23.2 Å². The molecule has 0 aliphatic carbocycles. The average molecular weight is 220 g/mol. The lowest BCUT2D eigenvalue weighted by Gasteiger charge is -2.02. The first-order valence-electron chi connectivity index (χ1n) is 3.61. The quantitative estimate of drug-likeness (QED) is 0.607. The average Bonchev–Trinajstić information content (AvgIpc) is 2.04. The highest BCUT2D eigenvalue weighted by Gasteiger charge is 2.11. The van der Waals surface area contributed by atoms with E-state index in [2.05, 4.69) is 15.3 Å². The number of halogens is 2. The fourth-order valence-corrected chi connectivity index (χ4v) is 1.14. The molecule has 0 saturated heterocycles. The second kappa shape index (κ2) is 4.39. The summed E-state index contributed by atoms with van der Waals surface area (Å²) in [7, 11) is 0. The zero-order valence-electron chi connectivity index (χ0n) is 6.84. The van der Waals surface area contributed by atoms with Gasteiger partial charge in [-0.1, -0.05) is 11.6 Å². The second-order valence-electron chi connectivity index (χ2n) is 2.20. The van der Waals surface area contributed by atoms with Gasteiger partial charge in [0.05, 0.1) is 5.56 Å². The minimum atomic E-state index is -0.302. The summed E-state index contributed by atoms with van der Waals surface area (Å²) in [5.41, 5.74) is 0.230. The highest BCUT2D eigenvalue weighted by Crippen LogP contribution is 2.13. The van der Waals surface area contributed by atoms with Gasteiger partial charge in [-0.3, -0.25) is 4.79 Å². The van der Waals surface area contributed by atoms with Crippen molar-refractivity contribution in [2.45, 2.75) is 6.92 Å². The first-order valence-corrected chi connectivity index (χ1v) is 4.37. The van der Waals surface area contributed by atoms with Crippen LogP contribution in [0, 0.1) is 0 Å². The standard InChI is InChI=1S/C7H7Cl2N3O/c1-2-10-6(13)4-3-11-7(9)12-5(4)8/h3H,2H2,1H3,(H,10,13). The van der Waals surface area contributed by atoms with Crippen LogP contribution in [0.4, 0.5) is 0 Å². The summed E-state index contributed by atoms with van der Waals surface area (Å²) in [6, 6.07) is 0. The van der Waals surface area contributed by atoms with Crippen molar-refractivity contribution in [2.24, 2.45) is 0 Å². The highest BCUT2D eigenvalue weighted by molar-refractivity contribution is 6.34. The van der Waals surface area contributed by atoms with Gasteiger partial charge in [-0.15, -0.1) is 0 Å². The van der Waals surface area contributed by atoms with Crippen LogP contribution in [0.25, 0.3) is 0 Å². The normalized spacial score (nSPS) is 9.77. The molecule has 1 aromatic rings. The van der Waals surface area contributed by atoms with E-state index in [1.165, 1.54) is 6.20 Å². The third kappa shape index (κ3) is 2.54. The number of carbonyl (C=O) groups excluding carboxylic acids is 1. The number of hydrogen-bond donors (Lipinski definition) is 1. The zero-order chi connectivity index (χ0) is 9.84. The molecule has 1 heterocycles. The fraction of sp³-hybridized carbons (Fsp3) is 0.286. The number of amides is 1. The molecule has 13 heavy (non-hydrogen) atoms. The molecule has 70 valence electrons. The van der Waals surface area contributed by atoms with Crippen molar-refractivity contribution in [3.8, 4) is 0 Å². The molecule has 0 spiro atoms. The van der Waals surface area contributed by atoms with Crippen molar-refractivity contribution >= 4 is 29.1 Å². The minimum Gasteiger partial charge on any atom is -0.352 e. The maximum Gasteiger partial charge on any atom is 0.255 e. The molecule has 0 aliphatic heterocycles. The molecule has 6 heteroatoms. The van der Waals surface area contributed by atoms with Gasteiger partial charge in [0.15, 0.2) is 0 Å². The number of carbonyl (C=O) groups is 1. The Balaban J connectivity index is 2.95. The first kappa shape index (κ1) is 10.2. The number of hydrogen-bond acceptors (Lipinski definition) is 3. The molecule has 0 bridgehead atoms. The van der Waals surface area contributed by atoms with E-state index in [0.29, 0.717) is 6.54 Å². The van der Waals surface area contributed by atoms with Crippen molar-refractivity contribution in [3.63, 3.8) is 0 Å². The number of nitrogens with zero attached hydrogens (tertiary/aromatic N) is 2. The van der Waals surface area contributed by atoms with Crippen molar-refractivity contribution in [1.29, 1.82) is 0 Å². The predicted octanol–water partition coefficient (Wildman–Crippen LogP) is 1.53. The molecule has 4 nitrogen and oxygen atoms in total. The Morgan fingerprint density at radius 3 is 2.85 bits per heavy atom. The number of aromatic nitrogens is 2. The Kier molecular flexibility index (Phi) is 3.45. The Labute approximate surface area is 85.3 Å². The van der Waals surface area contributed by atoms with E-state index in [1.54, 1.807) is 0 Å². The molecule has 0 unspecified atom stereocenters. The van der Waals surface area contributed by atoms with Crippen LogP contribution in [0.5, 0.6) is 0 Å². The summed E-state index contributed by atoms with van der Waals surface area (Å²) in [6.07, 6.45) is 1.29. The van der Waals surface area contributed by atoms with Gasteiger partial charge in [0.1, 0.15) is 5.15 Å². The van der Waals surface area contributed by atoms with Gasteiger partial charge in [0.2, 0.25) is 5.28 Å². The molecule has 1 rings (SSSR count). The van der Waals surface area contributed by atoms with E-state index >= 15 is 0 Å². The van der Waals surface area contributed by atoms with E-state index in [0.717, 1.165) is 0 Å². The molecular weight excluding hydrogens is 213 g/mol. The summed E-state index contributed by atoms with van der Waals surface area (Å²) in [4.78, 5) is 18.5. The smallest absolute Gasteiger partial charge is 0.255 e. The van der Waals surface area contributed by atoms with Crippen LogP contribution in [0.15, 0.2) is 6.20 Å². The molecule has 0 aromatic carbocycles. The first-order chi connectivity index (χ1) is 6.15. The molecular formula is C7H7Cl2N3O. The van der Waals surface area contributed by atoms with Crippen LogP contribution >= 0.6 is 23.2 Å². The summed E-state index contributed by atoms with van der Waals surface area (Å²) >= 11 is 11.1. The van der Waals surface area contributed by atoms with Crippen molar-refractivity contribution in [2.75, 3.05) is 6.54 Å². The third-order valence-corrected chi connectivity index (χ3v) is 1.77. The molecule has 1 amide bonds. The largest absolute Gasteiger partial charge is 0.352 e. The third-order valence-electron chi connectivity index (χ3n) is 1.29. The zero-order valence-corrected chi connectivity index (χ0v) is 8.35. The van der Waals surface area contributed by atoms with Crippen molar-refractivity contribution in [1.82, 2.24) is 15.3 Å². The molecule has 0 aliphatic rings. The van der Waals surface area contributed by atoms with Gasteiger partial charge in [0.25, 0.3) is 5.91 Å². The van der Waals surface area contributed by atoms with Crippen LogP contribution in [0.3, 0.4) is 0 Å². The SMILES string of the molecule is CCNC(=O)c1cnc(Cl)nc1Cl. The lowest BCUT2D eigenvalue weighted by molar-refractivity contribution is 0.0955. The molecule has 0 radical (unpaired) electrons. The van der Waals surface area contributed by atoms with Gasteiger partial charge < -0.3 is 5.32 Å². The predicted molar refractivity (Wildman–Crippen MR) is 50.1 cm³/mol. The summed E-state index contributed by atoms with van der Waals surface area (Å²) in [6.45, 7) is 2.33. The highest BCUT2D eigenvalue weighted by atomic mass is 35.5. The van der Waals surface area contributed by atoms with Crippen LogP contribution in [-0.2, 0) is 0 Å². The van der Waals surface area contributed by atoms with Crippen LogP contribution < -0.4 is 5.32 Å². The van der Waals surface area contributed by atoms with E-state index < -0.39 is 0 Å². The van der Waals surface area contributed by atoms with E-state index in [-0.39, 0.29) is 21.9 Å². The number of nitrogens with one attached hydrogen (secondary N) is 1. The summed E-state index contributed by atoms with van der Waals surface area (Å²) < 4.78 is 0. The Morgan fingerprint density at radius 2 is 2.31 bits per heavy atom. The van der Waals surface area contributed by atoms with Crippen molar-refractivity contribution in [3.05, 3.63) is 22.2 Å². The topological polar surface area (TPSA) is 54.9 Å². The monoisotopic (exact) mass is 219 g/mol. The summed E-state index contributed by atoms with van der Waals surface area (Å²) in [5, 5.41) is 2.66. The molecule has 0 fully saturated rings. The summed E-state index contributed by atoms with van der Waals surface area (Å²) in [5.74, 6) is -0.302. The maximum absolute atomic E-state index is 11.3. The van der Waals surface area contributed by atoms with Gasteiger partial charge in [-0.2, -0.15) is 0 Å². The van der Waals surface area contributed by atoms with Crippen molar-refractivity contribution < 1.29 is 4.79 Å². The van der Waals surface area contributed by atoms with E-state index in [9.17, 15) is 4.79 Å². The molecule has 0 saturated carbocycles. The Hall–Kier alpha value is -0.870. The lowest BCUT2D eigenvalue weighted by Crippen LogP contribution is -2.23. The number of rotatable bonds is 2. The van der Waals surface area contributed by atoms with Crippen LogP contribution in [0.2, 0.25) is 10.4 Å². The lowest BCUT2D eigenvalue weighted by atomic mass is 10.3. The maximum atomic E-state index is 11.3.